The van der Waals surface area contributed by atoms with Gasteiger partial charge in [0.2, 0.25) is 0 Å². The number of aliphatic hydroxyl groups is 1. The molecule has 1 aromatic carbocycles. The molecule has 4 heteroatoms. The monoisotopic (exact) mass is 298 g/mol. The molecule has 0 fully saturated rings. The predicted octanol–water partition coefficient (Wildman–Crippen LogP) is 3.44. The van der Waals surface area contributed by atoms with Crippen LogP contribution in [0.25, 0.3) is 0 Å². The van der Waals surface area contributed by atoms with Crippen molar-refractivity contribution >= 4 is 17.3 Å². The van der Waals surface area contributed by atoms with Gasteiger partial charge in [0, 0.05) is 30.3 Å². The maximum Gasteiger partial charge on any atom is 0.0765 e. The summed E-state index contributed by atoms with van der Waals surface area (Å²) in [7, 11) is 0. The first-order chi connectivity index (χ1) is 9.37. The van der Waals surface area contributed by atoms with Crippen molar-refractivity contribution in [2.75, 3.05) is 24.5 Å². The summed E-state index contributed by atoms with van der Waals surface area (Å²) in [5, 5.41) is 14.2. The molecule has 3 nitrogen and oxygen atoms in total. The van der Waals surface area contributed by atoms with Gasteiger partial charge in [-0.05, 0) is 51.4 Å². The number of halogens is 1. The minimum atomic E-state index is -0.730. The predicted molar refractivity (Wildman–Crippen MR) is 87.6 cm³/mol. The molecule has 1 rings (SSSR count). The summed E-state index contributed by atoms with van der Waals surface area (Å²) in [6.45, 7) is 11.2. The van der Waals surface area contributed by atoms with E-state index in [4.69, 9.17) is 11.6 Å². The maximum atomic E-state index is 10.1. The first-order valence-electron chi connectivity index (χ1n) is 7.34. The number of likely N-dealkylation sites (N-methyl/N-ethyl adjacent to an activating group) is 1. The summed E-state index contributed by atoms with van der Waals surface area (Å²) in [6.07, 6.45) is 1.12. The molecule has 20 heavy (non-hydrogen) atoms. The lowest BCUT2D eigenvalue weighted by molar-refractivity contribution is 0.0875. The molecule has 0 atom stereocenters. The van der Waals surface area contributed by atoms with Crippen LogP contribution in [0.3, 0.4) is 0 Å². The van der Waals surface area contributed by atoms with Gasteiger partial charge in [0.05, 0.1) is 5.60 Å². The molecule has 0 radical (unpaired) electrons. The molecule has 0 spiro atoms. The third-order valence-electron chi connectivity index (χ3n) is 3.09. The lowest BCUT2D eigenvalue weighted by Gasteiger charge is -2.31. The van der Waals surface area contributed by atoms with Gasteiger partial charge in [0.1, 0.15) is 0 Å². The highest BCUT2D eigenvalue weighted by molar-refractivity contribution is 6.30. The fourth-order valence-corrected chi connectivity index (χ4v) is 2.38. The first-order valence-corrected chi connectivity index (χ1v) is 7.71. The Kier molecular flexibility index (Phi) is 6.80. The van der Waals surface area contributed by atoms with E-state index in [1.165, 1.54) is 5.56 Å². The van der Waals surface area contributed by atoms with Crippen LogP contribution in [0.1, 0.15) is 39.7 Å². The topological polar surface area (TPSA) is 35.5 Å². The van der Waals surface area contributed by atoms with E-state index in [-0.39, 0.29) is 0 Å². The van der Waals surface area contributed by atoms with Gasteiger partial charge in [-0.2, -0.15) is 0 Å². The van der Waals surface area contributed by atoms with Crippen molar-refractivity contribution in [1.82, 2.24) is 5.32 Å². The molecule has 2 N–H and O–H groups in total. The lowest BCUT2D eigenvalue weighted by atomic mass is 10.1. The van der Waals surface area contributed by atoms with Gasteiger partial charge in [0.15, 0.2) is 0 Å². The molecule has 114 valence electrons. The standard InChI is InChI=1S/C16H27ClN2O/c1-5-9-18-11-13-7-8-14(17)10-15(13)19(6-2)12-16(3,4)20/h7-8,10,18,20H,5-6,9,11-12H2,1-4H3. The van der Waals surface area contributed by atoms with Crippen LogP contribution in [0, 0.1) is 0 Å². The fourth-order valence-electron chi connectivity index (χ4n) is 2.22. The Morgan fingerprint density at radius 3 is 2.55 bits per heavy atom. The lowest BCUT2D eigenvalue weighted by Crippen LogP contribution is -2.39. The van der Waals surface area contributed by atoms with E-state index in [1.54, 1.807) is 0 Å². The SMILES string of the molecule is CCCNCc1ccc(Cl)cc1N(CC)CC(C)(C)O. The van der Waals surface area contributed by atoms with Crippen LogP contribution < -0.4 is 10.2 Å². The molecule has 0 aromatic heterocycles. The van der Waals surface area contributed by atoms with E-state index >= 15 is 0 Å². The van der Waals surface area contributed by atoms with E-state index in [9.17, 15) is 5.11 Å². The Hall–Kier alpha value is -0.770. The number of rotatable bonds is 8. The van der Waals surface area contributed by atoms with Crippen molar-refractivity contribution in [2.24, 2.45) is 0 Å². The zero-order valence-electron chi connectivity index (χ0n) is 13.0. The van der Waals surface area contributed by atoms with Crippen LogP contribution in [-0.2, 0) is 6.54 Å². The van der Waals surface area contributed by atoms with Crippen LogP contribution in [-0.4, -0.2) is 30.3 Å². The van der Waals surface area contributed by atoms with Crippen LogP contribution >= 0.6 is 11.6 Å². The Balaban J connectivity index is 2.96. The minimum absolute atomic E-state index is 0.588. The molecule has 0 unspecified atom stereocenters. The van der Waals surface area contributed by atoms with Gasteiger partial charge in [-0.3, -0.25) is 0 Å². The molecule has 0 saturated carbocycles. The third-order valence-corrected chi connectivity index (χ3v) is 3.32. The zero-order chi connectivity index (χ0) is 15.2. The Labute approximate surface area is 127 Å². The summed E-state index contributed by atoms with van der Waals surface area (Å²) in [5.41, 5.74) is 1.59. The number of anilines is 1. The van der Waals surface area contributed by atoms with E-state index < -0.39 is 5.60 Å². The van der Waals surface area contributed by atoms with Gasteiger partial charge >= 0.3 is 0 Å². The van der Waals surface area contributed by atoms with Crippen molar-refractivity contribution in [2.45, 2.75) is 46.3 Å². The summed E-state index contributed by atoms with van der Waals surface area (Å²) < 4.78 is 0. The second kappa shape index (κ2) is 7.87. The van der Waals surface area contributed by atoms with Gasteiger partial charge in [-0.15, -0.1) is 0 Å². The molecular formula is C16H27ClN2O. The number of nitrogens with one attached hydrogen (secondary N) is 1. The van der Waals surface area contributed by atoms with E-state index in [1.807, 2.05) is 26.0 Å². The van der Waals surface area contributed by atoms with Crippen LogP contribution in [0.5, 0.6) is 0 Å². The Bertz CT molecular complexity index is 415. The highest BCUT2D eigenvalue weighted by Crippen LogP contribution is 2.26. The Morgan fingerprint density at radius 1 is 1.30 bits per heavy atom. The van der Waals surface area contributed by atoms with Crippen LogP contribution in [0.2, 0.25) is 5.02 Å². The largest absolute Gasteiger partial charge is 0.389 e. The highest BCUT2D eigenvalue weighted by Gasteiger charge is 2.19. The van der Waals surface area contributed by atoms with Crippen molar-refractivity contribution in [3.8, 4) is 0 Å². The molecule has 0 amide bonds. The molecule has 0 aliphatic heterocycles. The molecule has 0 saturated heterocycles. The number of hydrogen-bond acceptors (Lipinski definition) is 3. The quantitative estimate of drug-likeness (QED) is 0.722. The summed E-state index contributed by atoms with van der Waals surface area (Å²) in [4.78, 5) is 2.18. The molecular weight excluding hydrogens is 272 g/mol. The average Bonchev–Trinajstić information content (AvgIpc) is 2.37. The van der Waals surface area contributed by atoms with E-state index in [0.717, 1.165) is 36.8 Å². The van der Waals surface area contributed by atoms with E-state index in [2.05, 4.69) is 30.1 Å². The molecule has 0 heterocycles. The minimum Gasteiger partial charge on any atom is -0.389 e. The molecule has 0 bridgehead atoms. The van der Waals surface area contributed by atoms with Crippen molar-refractivity contribution in [3.63, 3.8) is 0 Å². The van der Waals surface area contributed by atoms with Crippen LogP contribution in [0.4, 0.5) is 5.69 Å². The van der Waals surface area contributed by atoms with Gasteiger partial charge in [-0.1, -0.05) is 24.6 Å². The average molecular weight is 299 g/mol. The maximum absolute atomic E-state index is 10.1. The number of benzene rings is 1. The van der Waals surface area contributed by atoms with Crippen LogP contribution in [0.15, 0.2) is 18.2 Å². The summed E-state index contributed by atoms with van der Waals surface area (Å²) in [5.74, 6) is 0. The number of hydrogen-bond donors (Lipinski definition) is 2. The summed E-state index contributed by atoms with van der Waals surface area (Å²) in [6, 6.07) is 5.97. The van der Waals surface area contributed by atoms with Crippen molar-refractivity contribution in [3.05, 3.63) is 28.8 Å². The summed E-state index contributed by atoms with van der Waals surface area (Å²) >= 11 is 6.14. The molecule has 0 aliphatic carbocycles. The van der Waals surface area contributed by atoms with Crippen molar-refractivity contribution in [1.29, 1.82) is 0 Å². The molecule has 1 aromatic rings. The van der Waals surface area contributed by atoms with Gasteiger partial charge in [0.25, 0.3) is 0 Å². The second-order valence-corrected chi connectivity index (χ2v) is 6.21. The normalized spacial score (nSPS) is 11.7. The second-order valence-electron chi connectivity index (χ2n) is 5.78. The van der Waals surface area contributed by atoms with Crippen molar-refractivity contribution < 1.29 is 5.11 Å². The highest BCUT2D eigenvalue weighted by atomic mass is 35.5. The van der Waals surface area contributed by atoms with E-state index in [0.29, 0.717) is 6.54 Å². The molecule has 0 aliphatic rings. The zero-order valence-corrected chi connectivity index (χ0v) is 13.8. The smallest absolute Gasteiger partial charge is 0.0765 e. The van der Waals surface area contributed by atoms with Gasteiger partial charge < -0.3 is 15.3 Å². The Morgan fingerprint density at radius 2 is 2.00 bits per heavy atom. The first kappa shape index (κ1) is 17.3. The number of nitrogens with zero attached hydrogens (tertiary/aromatic N) is 1. The fraction of sp³-hybridized carbons (Fsp3) is 0.625. The third kappa shape index (κ3) is 5.70. The van der Waals surface area contributed by atoms with Gasteiger partial charge in [-0.25, -0.2) is 0 Å².